The second-order valence-corrected chi connectivity index (χ2v) is 2.45. The Morgan fingerprint density at radius 2 is 2.12 bits per heavy atom. The van der Waals surface area contributed by atoms with Gasteiger partial charge in [0.05, 0.1) is 0 Å². The highest BCUT2D eigenvalue weighted by Gasteiger charge is 1.86. The molecule has 0 unspecified atom stereocenters. The van der Waals surface area contributed by atoms with Crippen LogP contribution in [-0.2, 0) is 0 Å². The molecule has 1 heterocycles. The first-order valence-electron chi connectivity index (χ1n) is 2.22. The molecule has 0 aromatic carbocycles. The molecule has 0 amide bonds. The van der Waals surface area contributed by atoms with Crippen molar-refractivity contribution in [3.63, 3.8) is 0 Å². The van der Waals surface area contributed by atoms with E-state index in [9.17, 15) is 0 Å². The molecule has 1 aromatic rings. The van der Waals surface area contributed by atoms with Crippen molar-refractivity contribution >= 4 is 29.1 Å². The number of hydrogen-bond donors (Lipinski definition) is 1. The van der Waals surface area contributed by atoms with Crippen molar-refractivity contribution < 1.29 is 0 Å². The van der Waals surface area contributed by atoms with E-state index in [2.05, 4.69) is 34.1 Å². The Balaban J connectivity index is 3.66. The van der Waals surface area contributed by atoms with Crippen LogP contribution < -0.4 is 10.6 Å². The van der Waals surface area contributed by atoms with Gasteiger partial charge in [-0.1, -0.05) is 13.2 Å². The fourth-order valence-corrected chi connectivity index (χ4v) is 0.823. The van der Waals surface area contributed by atoms with Gasteiger partial charge in [0.25, 0.3) is 0 Å². The molecule has 0 aliphatic carbocycles. The molecule has 2 heteroatoms. The van der Waals surface area contributed by atoms with Gasteiger partial charge in [-0.3, -0.25) is 0 Å². The molecule has 8 heavy (non-hydrogen) atoms. The van der Waals surface area contributed by atoms with Gasteiger partial charge in [-0.05, 0) is 15.9 Å². The molecular formula is C6H6BrN. The number of aromatic nitrogens is 1. The van der Waals surface area contributed by atoms with Crippen LogP contribution in [0.4, 0.5) is 0 Å². The Kier molecular flexibility index (Phi) is 1.26. The summed E-state index contributed by atoms with van der Waals surface area (Å²) in [5.41, 5.74) is 0. The number of nitrogens with one attached hydrogen (secondary N) is 1. The van der Waals surface area contributed by atoms with E-state index in [1.165, 1.54) is 0 Å². The van der Waals surface area contributed by atoms with Crippen molar-refractivity contribution in [2.75, 3.05) is 0 Å². The first kappa shape index (κ1) is 5.63. The molecule has 0 saturated carbocycles. The third-order valence-electron chi connectivity index (χ3n) is 1.03. The standard InChI is InChI=1S/C6H6BrN/c1-4-5(2)8-3-6(4)7/h3,8H,1-2H2. The van der Waals surface area contributed by atoms with Crippen molar-refractivity contribution in [2.45, 2.75) is 0 Å². The maximum absolute atomic E-state index is 3.74. The summed E-state index contributed by atoms with van der Waals surface area (Å²) in [6.07, 6.45) is 1.82. The smallest absolute Gasteiger partial charge is 0.0422 e. The van der Waals surface area contributed by atoms with E-state index in [0.717, 1.165) is 15.0 Å². The average molecular weight is 172 g/mol. The number of hydrogen-bond acceptors (Lipinski definition) is 0. The van der Waals surface area contributed by atoms with E-state index in [0.29, 0.717) is 0 Å². The van der Waals surface area contributed by atoms with E-state index in [4.69, 9.17) is 0 Å². The van der Waals surface area contributed by atoms with Crippen LogP contribution >= 0.6 is 15.9 Å². The highest BCUT2D eigenvalue weighted by Crippen LogP contribution is 1.94. The van der Waals surface area contributed by atoms with Gasteiger partial charge in [-0.25, -0.2) is 0 Å². The van der Waals surface area contributed by atoms with Crippen LogP contribution in [0.15, 0.2) is 10.7 Å². The number of halogens is 1. The number of aromatic amines is 1. The summed E-state index contributed by atoms with van der Waals surface area (Å²) in [7, 11) is 0. The molecule has 0 fully saturated rings. The third kappa shape index (κ3) is 0.713. The Morgan fingerprint density at radius 3 is 2.25 bits per heavy atom. The van der Waals surface area contributed by atoms with Gasteiger partial charge in [0.1, 0.15) is 0 Å². The molecule has 0 bridgehead atoms. The Bertz CT molecular complexity index is 273. The van der Waals surface area contributed by atoms with Gasteiger partial charge < -0.3 is 4.98 Å². The van der Waals surface area contributed by atoms with Crippen molar-refractivity contribution in [1.82, 2.24) is 4.98 Å². The molecule has 0 atom stereocenters. The predicted molar refractivity (Wildman–Crippen MR) is 38.8 cm³/mol. The third-order valence-corrected chi connectivity index (χ3v) is 1.73. The van der Waals surface area contributed by atoms with Gasteiger partial charge in [0.15, 0.2) is 0 Å². The molecular weight excluding hydrogens is 166 g/mol. The molecule has 42 valence electrons. The lowest BCUT2D eigenvalue weighted by molar-refractivity contribution is 1.33. The summed E-state index contributed by atoms with van der Waals surface area (Å²) in [5.74, 6) is 0. The Morgan fingerprint density at radius 1 is 1.50 bits per heavy atom. The van der Waals surface area contributed by atoms with Gasteiger partial charge in [-0.15, -0.1) is 0 Å². The van der Waals surface area contributed by atoms with E-state index < -0.39 is 0 Å². The van der Waals surface area contributed by atoms with Crippen LogP contribution in [0.1, 0.15) is 0 Å². The second-order valence-electron chi connectivity index (χ2n) is 1.59. The lowest BCUT2D eigenvalue weighted by Gasteiger charge is -1.69. The molecule has 1 N–H and O–H groups in total. The van der Waals surface area contributed by atoms with E-state index in [1.807, 2.05) is 6.20 Å². The highest BCUT2D eigenvalue weighted by molar-refractivity contribution is 9.10. The quantitative estimate of drug-likeness (QED) is 0.589. The maximum Gasteiger partial charge on any atom is 0.0422 e. The molecule has 1 nitrogen and oxygen atoms in total. The predicted octanol–water partition coefficient (Wildman–Crippen LogP) is 0.598. The second kappa shape index (κ2) is 1.78. The van der Waals surface area contributed by atoms with Crippen molar-refractivity contribution in [1.29, 1.82) is 0 Å². The number of rotatable bonds is 0. The van der Waals surface area contributed by atoms with Crippen LogP contribution in [0.5, 0.6) is 0 Å². The lowest BCUT2D eigenvalue weighted by atomic mass is 10.5. The lowest BCUT2D eigenvalue weighted by Crippen LogP contribution is -2.18. The first-order chi connectivity index (χ1) is 3.72. The summed E-state index contributed by atoms with van der Waals surface area (Å²) in [6, 6.07) is 0. The minimum Gasteiger partial charge on any atom is -0.361 e. The minimum absolute atomic E-state index is 0.872. The van der Waals surface area contributed by atoms with Crippen LogP contribution in [0, 0.1) is 0 Å². The van der Waals surface area contributed by atoms with Gasteiger partial charge >= 0.3 is 0 Å². The van der Waals surface area contributed by atoms with Crippen LogP contribution in [0.25, 0.3) is 13.2 Å². The molecule has 0 saturated heterocycles. The van der Waals surface area contributed by atoms with E-state index in [1.54, 1.807) is 0 Å². The summed E-state index contributed by atoms with van der Waals surface area (Å²) in [5, 5.41) is 1.81. The highest BCUT2D eigenvalue weighted by atomic mass is 79.9. The summed E-state index contributed by atoms with van der Waals surface area (Å²) >= 11 is 3.28. The molecule has 0 aliphatic rings. The first-order valence-corrected chi connectivity index (χ1v) is 3.02. The maximum atomic E-state index is 3.74. The van der Waals surface area contributed by atoms with Gasteiger partial charge in [-0.2, -0.15) is 0 Å². The van der Waals surface area contributed by atoms with Gasteiger partial charge in [0.2, 0.25) is 0 Å². The fraction of sp³-hybridized carbons (Fsp3) is 0. The zero-order chi connectivity index (χ0) is 6.15. The van der Waals surface area contributed by atoms with Crippen molar-refractivity contribution in [3.8, 4) is 0 Å². The summed E-state index contributed by atoms with van der Waals surface area (Å²) in [6.45, 7) is 7.43. The SMILES string of the molecule is C=c1[nH]cc(Br)c1=C. The monoisotopic (exact) mass is 171 g/mol. The summed E-state index contributed by atoms with van der Waals surface area (Å²) in [4.78, 5) is 2.92. The molecule has 0 aliphatic heterocycles. The van der Waals surface area contributed by atoms with E-state index >= 15 is 0 Å². The topological polar surface area (TPSA) is 15.8 Å². The fourth-order valence-electron chi connectivity index (χ4n) is 0.469. The molecule has 1 aromatic heterocycles. The largest absolute Gasteiger partial charge is 0.361 e. The Hall–Kier alpha value is -0.500. The van der Waals surface area contributed by atoms with Gasteiger partial charge in [0, 0.05) is 21.2 Å². The number of H-pyrrole nitrogens is 1. The average Bonchev–Trinajstić information content (AvgIpc) is 1.98. The van der Waals surface area contributed by atoms with Crippen LogP contribution in [0.2, 0.25) is 0 Å². The van der Waals surface area contributed by atoms with E-state index in [-0.39, 0.29) is 0 Å². The van der Waals surface area contributed by atoms with Crippen LogP contribution in [-0.4, -0.2) is 4.98 Å². The Labute approximate surface area is 55.9 Å². The molecule has 0 radical (unpaired) electrons. The normalized spacial score (nSPS) is 9.62. The minimum atomic E-state index is 0.872. The van der Waals surface area contributed by atoms with Crippen molar-refractivity contribution in [2.24, 2.45) is 0 Å². The zero-order valence-electron chi connectivity index (χ0n) is 4.37. The molecule has 0 spiro atoms. The molecule has 1 rings (SSSR count). The van der Waals surface area contributed by atoms with Crippen molar-refractivity contribution in [3.05, 3.63) is 21.2 Å². The van der Waals surface area contributed by atoms with Crippen LogP contribution in [0.3, 0.4) is 0 Å². The summed E-state index contributed by atoms with van der Waals surface area (Å²) < 4.78 is 0.988. The zero-order valence-corrected chi connectivity index (χ0v) is 5.96.